The van der Waals surface area contributed by atoms with Crippen LogP contribution in [0, 0.1) is 5.41 Å². The molecule has 0 aromatic heterocycles. The van der Waals surface area contributed by atoms with Gasteiger partial charge < -0.3 is 0 Å². The fourth-order valence-corrected chi connectivity index (χ4v) is 7.38. The molecule has 180 valence electrons. The summed E-state index contributed by atoms with van der Waals surface area (Å²) in [5.41, 5.74) is 12.9. The lowest BCUT2D eigenvalue weighted by atomic mass is 9.59. The Morgan fingerprint density at radius 3 is 1.77 bits per heavy atom. The summed E-state index contributed by atoms with van der Waals surface area (Å²) in [5, 5.41) is 5.19. The Labute approximate surface area is 227 Å². The van der Waals surface area contributed by atoms with Gasteiger partial charge in [0.15, 0.2) is 0 Å². The summed E-state index contributed by atoms with van der Waals surface area (Å²) >= 11 is 0. The second-order valence-corrected chi connectivity index (χ2v) is 10.9. The molecule has 39 heavy (non-hydrogen) atoms. The van der Waals surface area contributed by atoms with Gasteiger partial charge in [-0.15, -0.1) is 0 Å². The molecule has 0 nitrogen and oxygen atoms in total. The lowest BCUT2D eigenvalue weighted by Crippen LogP contribution is -2.28. The number of fused-ring (bicyclic) bond motifs is 11. The van der Waals surface area contributed by atoms with Crippen LogP contribution in [0.2, 0.25) is 0 Å². The van der Waals surface area contributed by atoms with Crippen LogP contribution in [0.1, 0.15) is 27.8 Å². The van der Waals surface area contributed by atoms with Crippen molar-refractivity contribution in [2.75, 3.05) is 0 Å². The summed E-state index contributed by atoms with van der Waals surface area (Å²) in [4.78, 5) is 0. The zero-order chi connectivity index (χ0) is 25.6. The summed E-state index contributed by atoms with van der Waals surface area (Å²) in [6.07, 6.45) is 16.7. The second kappa shape index (κ2) is 7.56. The first-order valence-corrected chi connectivity index (χ1v) is 13.7. The van der Waals surface area contributed by atoms with Crippen LogP contribution in [-0.4, -0.2) is 0 Å². The monoisotopic (exact) mass is 492 g/mol. The van der Waals surface area contributed by atoms with Crippen molar-refractivity contribution in [2.24, 2.45) is 5.41 Å². The highest BCUT2D eigenvalue weighted by atomic mass is 14.5. The highest BCUT2D eigenvalue weighted by Gasteiger charge is 2.48. The lowest BCUT2D eigenvalue weighted by molar-refractivity contribution is 0.780. The topological polar surface area (TPSA) is 0 Å². The van der Waals surface area contributed by atoms with E-state index in [2.05, 4.69) is 146 Å². The Morgan fingerprint density at radius 2 is 1.03 bits per heavy atom. The van der Waals surface area contributed by atoms with Crippen molar-refractivity contribution in [3.05, 3.63) is 172 Å². The van der Waals surface area contributed by atoms with Gasteiger partial charge in [-0.3, -0.25) is 0 Å². The first-order valence-electron chi connectivity index (χ1n) is 13.7. The summed E-state index contributed by atoms with van der Waals surface area (Å²) < 4.78 is 0. The highest BCUT2D eigenvalue weighted by molar-refractivity contribution is 6.16. The van der Waals surface area contributed by atoms with Crippen molar-refractivity contribution in [1.82, 2.24) is 0 Å². The molecule has 4 aliphatic carbocycles. The van der Waals surface area contributed by atoms with Gasteiger partial charge in [0, 0.05) is 0 Å². The van der Waals surface area contributed by atoms with Gasteiger partial charge in [0.1, 0.15) is 0 Å². The first kappa shape index (κ1) is 21.0. The van der Waals surface area contributed by atoms with Crippen LogP contribution in [0.15, 0.2) is 145 Å². The molecule has 0 N–H and O–H groups in total. The summed E-state index contributed by atoms with van der Waals surface area (Å²) in [5.74, 6) is 0. The molecular weight excluding hydrogens is 468 g/mol. The summed E-state index contributed by atoms with van der Waals surface area (Å²) in [6, 6.07) is 37.8. The van der Waals surface area contributed by atoms with Gasteiger partial charge in [0.25, 0.3) is 0 Å². The minimum atomic E-state index is -0.391. The Hall–Kier alpha value is -4.94. The fraction of sp³-hybridized carbons (Fsp3) is 0.0256. The zero-order valence-corrected chi connectivity index (χ0v) is 21.4. The molecule has 0 aliphatic heterocycles. The van der Waals surface area contributed by atoms with Crippen LogP contribution in [-0.2, 0) is 0 Å². The van der Waals surface area contributed by atoms with Gasteiger partial charge in [-0.2, -0.15) is 0 Å². The number of rotatable bonds is 1. The SMILES string of the molecule is C1=CC2(C3=Cc4ccccc4C3=C1)C1=Cc3ccccc3C1=CC=C2c1cc2ccccc2c2ccccc12. The molecule has 5 aromatic rings. The number of benzene rings is 5. The van der Waals surface area contributed by atoms with Crippen molar-refractivity contribution < 1.29 is 0 Å². The second-order valence-electron chi connectivity index (χ2n) is 10.9. The van der Waals surface area contributed by atoms with Crippen LogP contribution >= 0.6 is 0 Å². The lowest BCUT2D eigenvalue weighted by Gasteiger charge is -2.42. The zero-order valence-electron chi connectivity index (χ0n) is 21.4. The van der Waals surface area contributed by atoms with E-state index in [1.54, 1.807) is 0 Å². The summed E-state index contributed by atoms with van der Waals surface area (Å²) in [7, 11) is 0. The molecule has 5 aromatic carbocycles. The summed E-state index contributed by atoms with van der Waals surface area (Å²) in [6.45, 7) is 0. The van der Waals surface area contributed by atoms with E-state index in [0.717, 1.165) is 0 Å². The largest absolute Gasteiger partial charge is 0.0653 e. The normalized spacial score (nSPS) is 20.1. The fourth-order valence-electron chi connectivity index (χ4n) is 7.38. The van der Waals surface area contributed by atoms with E-state index in [1.807, 2.05) is 0 Å². The third-order valence-electron chi connectivity index (χ3n) is 9.04. The van der Waals surface area contributed by atoms with Crippen LogP contribution < -0.4 is 0 Å². The van der Waals surface area contributed by atoms with Crippen molar-refractivity contribution in [2.45, 2.75) is 0 Å². The average molecular weight is 493 g/mol. The minimum absolute atomic E-state index is 0.391. The Bertz CT molecular complexity index is 2080. The number of hydrogen-bond acceptors (Lipinski definition) is 0. The maximum atomic E-state index is 2.45. The third kappa shape index (κ3) is 2.68. The van der Waals surface area contributed by atoms with E-state index in [0.29, 0.717) is 0 Å². The van der Waals surface area contributed by atoms with Gasteiger partial charge in [-0.05, 0) is 95.4 Å². The number of allylic oxidation sites excluding steroid dienone is 10. The Balaban J connectivity index is 1.40. The average Bonchev–Trinajstić information content (AvgIpc) is 3.57. The van der Waals surface area contributed by atoms with Gasteiger partial charge in [-0.1, -0.05) is 127 Å². The molecule has 1 atom stereocenters. The van der Waals surface area contributed by atoms with E-state index >= 15 is 0 Å². The molecule has 0 amide bonds. The van der Waals surface area contributed by atoms with Gasteiger partial charge in [0.05, 0.1) is 5.41 Å². The molecule has 1 unspecified atom stereocenters. The van der Waals surface area contributed by atoms with E-state index in [1.165, 1.54) is 77.2 Å². The molecule has 4 aliphatic rings. The molecule has 1 spiro atoms. The van der Waals surface area contributed by atoms with Crippen LogP contribution in [0.25, 0.3) is 50.4 Å². The van der Waals surface area contributed by atoms with Crippen molar-refractivity contribution in [1.29, 1.82) is 0 Å². The number of hydrogen-bond donors (Lipinski definition) is 0. The maximum absolute atomic E-state index is 2.45. The minimum Gasteiger partial charge on any atom is -0.0651 e. The van der Waals surface area contributed by atoms with Gasteiger partial charge in [0.2, 0.25) is 0 Å². The molecule has 0 heteroatoms. The molecular formula is C39H24. The van der Waals surface area contributed by atoms with Gasteiger partial charge >= 0.3 is 0 Å². The Kier molecular flexibility index (Phi) is 4.08. The van der Waals surface area contributed by atoms with Crippen LogP contribution in [0.4, 0.5) is 0 Å². The van der Waals surface area contributed by atoms with Crippen LogP contribution in [0.3, 0.4) is 0 Å². The van der Waals surface area contributed by atoms with E-state index < -0.39 is 5.41 Å². The van der Waals surface area contributed by atoms with Crippen molar-refractivity contribution >= 4 is 50.4 Å². The maximum Gasteiger partial charge on any atom is 0.0653 e. The highest BCUT2D eigenvalue weighted by Crippen LogP contribution is 2.64. The quantitative estimate of drug-likeness (QED) is 0.204. The van der Waals surface area contributed by atoms with Crippen molar-refractivity contribution in [3.63, 3.8) is 0 Å². The van der Waals surface area contributed by atoms with E-state index in [9.17, 15) is 0 Å². The predicted octanol–water partition coefficient (Wildman–Crippen LogP) is 9.91. The molecule has 0 heterocycles. The van der Waals surface area contributed by atoms with Crippen LogP contribution in [0.5, 0.6) is 0 Å². The molecule has 0 saturated carbocycles. The van der Waals surface area contributed by atoms with Crippen molar-refractivity contribution in [3.8, 4) is 0 Å². The van der Waals surface area contributed by atoms with E-state index in [4.69, 9.17) is 0 Å². The van der Waals surface area contributed by atoms with Gasteiger partial charge in [-0.25, -0.2) is 0 Å². The first-order chi connectivity index (χ1) is 19.3. The third-order valence-corrected chi connectivity index (χ3v) is 9.04. The predicted molar refractivity (Wildman–Crippen MR) is 166 cm³/mol. The van der Waals surface area contributed by atoms with E-state index in [-0.39, 0.29) is 0 Å². The molecule has 0 saturated heterocycles. The smallest absolute Gasteiger partial charge is 0.0651 e. The Morgan fingerprint density at radius 1 is 0.436 bits per heavy atom. The molecule has 0 fully saturated rings. The molecule has 0 bridgehead atoms. The molecule has 9 rings (SSSR count). The standard InChI is InChI=1S/C39H24/c1-4-13-28-25(10-1)22-35(32-17-8-7-16-31(28)32)36-20-19-34-30-15-6-3-12-27(30)24-38(34)39(36)21-9-18-33-29-14-5-2-11-26(29)23-37(33)39/h1-24H. The molecule has 0 radical (unpaired) electrons.